The first-order chi connectivity index (χ1) is 8.27. The van der Waals surface area contributed by atoms with Crippen molar-refractivity contribution in [2.75, 3.05) is 12.9 Å². The van der Waals surface area contributed by atoms with Crippen LogP contribution in [0.4, 0.5) is 0 Å². The summed E-state index contributed by atoms with van der Waals surface area (Å²) < 4.78 is 31.2. The van der Waals surface area contributed by atoms with Crippen LogP contribution in [0.1, 0.15) is 11.1 Å². The van der Waals surface area contributed by atoms with Crippen LogP contribution in [0.2, 0.25) is 0 Å². The van der Waals surface area contributed by atoms with Gasteiger partial charge in [-0.1, -0.05) is 18.2 Å². The molecular weight excluding hydrogens is 260 g/mol. The quantitative estimate of drug-likeness (QED) is 0.772. The first-order valence-electron chi connectivity index (χ1n) is 5.15. The van der Waals surface area contributed by atoms with E-state index in [0.29, 0.717) is 12.9 Å². The third kappa shape index (κ3) is 5.15. The van der Waals surface area contributed by atoms with Crippen molar-refractivity contribution < 1.29 is 27.6 Å². The van der Waals surface area contributed by atoms with Gasteiger partial charge < -0.3 is 9.84 Å². The van der Waals surface area contributed by atoms with E-state index in [2.05, 4.69) is 0 Å². The van der Waals surface area contributed by atoms with Gasteiger partial charge in [-0.05, 0) is 5.56 Å². The molecule has 18 heavy (non-hydrogen) atoms. The number of carboxylic acids is 1. The van der Waals surface area contributed by atoms with E-state index in [1.54, 1.807) is 6.07 Å². The number of aliphatic carboxylic acids is 1. The van der Waals surface area contributed by atoms with Crippen LogP contribution in [0, 0.1) is 0 Å². The molecule has 0 aromatic heterocycles. The molecule has 100 valence electrons. The Labute approximate surface area is 105 Å². The highest BCUT2D eigenvalue weighted by molar-refractivity contribution is 7.85. The minimum atomic E-state index is -3.67. The van der Waals surface area contributed by atoms with Gasteiger partial charge in [-0.2, -0.15) is 8.42 Å². The lowest BCUT2D eigenvalue weighted by molar-refractivity contribution is -0.136. The molecule has 7 heteroatoms. The van der Waals surface area contributed by atoms with E-state index >= 15 is 0 Å². The average Bonchev–Trinajstić information content (AvgIpc) is 2.62. The molecule has 2 rings (SSSR count). The lowest BCUT2D eigenvalue weighted by Crippen LogP contribution is -2.01. The number of carbonyl (C=O) groups is 1. The van der Waals surface area contributed by atoms with E-state index in [0.717, 1.165) is 23.3 Å². The molecule has 0 atom stereocenters. The molecule has 2 N–H and O–H groups in total. The average molecular weight is 274 g/mol. The van der Waals surface area contributed by atoms with Gasteiger partial charge in [-0.25, -0.2) is 0 Å². The number of carboxylic acid groups (broad SMARTS) is 1. The minimum absolute atomic E-state index is 0.0448. The van der Waals surface area contributed by atoms with Crippen LogP contribution < -0.4 is 4.74 Å². The Hall–Kier alpha value is -1.60. The molecule has 0 bridgehead atoms. The second-order valence-electron chi connectivity index (χ2n) is 3.81. The van der Waals surface area contributed by atoms with Crippen molar-refractivity contribution in [3.05, 3.63) is 29.3 Å². The Morgan fingerprint density at radius 3 is 2.61 bits per heavy atom. The van der Waals surface area contributed by atoms with E-state index in [1.165, 1.54) is 0 Å². The normalized spacial score (nSPS) is 13.0. The molecule has 6 nitrogen and oxygen atoms in total. The Morgan fingerprint density at radius 2 is 2.06 bits per heavy atom. The number of fused-ring (bicyclic) bond motifs is 1. The van der Waals surface area contributed by atoms with Gasteiger partial charge in [0.05, 0.1) is 19.3 Å². The number of ether oxygens (including phenoxy) is 1. The van der Waals surface area contributed by atoms with Crippen molar-refractivity contribution >= 4 is 16.1 Å². The van der Waals surface area contributed by atoms with E-state index in [1.807, 2.05) is 12.1 Å². The lowest BCUT2D eigenvalue weighted by atomic mass is 10.1. The van der Waals surface area contributed by atoms with Gasteiger partial charge in [-0.3, -0.25) is 9.35 Å². The molecule has 0 fully saturated rings. The fourth-order valence-corrected chi connectivity index (χ4v) is 1.59. The maximum atomic E-state index is 10.5. The number of hydrogen-bond acceptors (Lipinski definition) is 4. The highest BCUT2D eigenvalue weighted by atomic mass is 32.2. The van der Waals surface area contributed by atoms with Gasteiger partial charge in [0, 0.05) is 12.0 Å². The second-order valence-corrected chi connectivity index (χ2v) is 5.27. The Balaban J connectivity index is 0.000000280. The predicted molar refractivity (Wildman–Crippen MR) is 64.5 cm³/mol. The monoisotopic (exact) mass is 274 g/mol. The van der Waals surface area contributed by atoms with Gasteiger partial charge >= 0.3 is 5.97 Å². The summed E-state index contributed by atoms with van der Waals surface area (Å²) in [5.41, 5.74) is 1.90. The highest BCUT2D eigenvalue weighted by Crippen LogP contribution is 2.29. The zero-order valence-electron chi connectivity index (χ0n) is 9.79. The molecule has 1 aliphatic heterocycles. The second kappa shape index (κ2) is 5.83. The Kier molecular flexibility index (Phi) is 4.69. The molecule has 0 saturated carbocycles. The van der Waals surface area contributed by atoms with E-state index < -0.39 is 16.1 Å². The Morgan fingerprint density at radius 1 is 1.44 bits per heavy atom. The molecule has 1 aromatic rings. The van der Waals surface area contributed by atoms with E-state index in [9.17, 15) is 13.2 Å². The number of rotatable bonds is 2. The van der Waals surface area contributed by atoms with Crippen molar-refractivity contribution in [2.45, 2.75) is 12.8 Å². The number of benzene rings is 1. The fraction of sp³-hybridized carbons (Fsp3) is 0.364. The van der Waals surface area contributed by atoms with Gasteiger partial charge in [0.1, 0.15) is 5.75 Å². The molecule has 0 aliphatic carbocycles. The zero-order chi connectivity index (χ0) is 13.8. The molecule has 1 heterocycles. The summed E-state index contributed by atoms with van der Waals surface area (Å²) in [6.07, 6.45) is 1.65. The van der Waals surface area contributed by atoms with Crippen LogP contribution in [0.3, 0.4) is 0 Å². The molecule has 1 aromatic carbocycles. The molecule has 0 radical (unpaired) electrons. The molecule has 1 aliphatic rings. The molecule has 0 unspecified atom stereocenters. The largest absolute Gasteiger partial charge is 0.493 e. The van der Waals surface area contributed by atoms with Crippen molar-refractivity contribution in [1.82, 2.24) is 0 Å². The molecule has 0 spiro atoms. The van der Waals surface area contributed by atoms with E-state index in [-0.39, 0.29) is 6.42 Å². The summed E-state index contributed by atoms with van der Waals surface area (Å²) in [7, 11) is -3.67. The van der Waals surface area contributed by atoms with Crippen LogP contribution >= 0.6 is 0 Å². The SMILES string of the molecule is CS(=O)(=O)O.O=C(O)Cc1cccc2c1OCC2. The standard InChI is InChI=1S/C10H10O3.CH4O3S/c11-9(12)6-8-3-1-2-7-4-5-13-10(7)8;1-5(2,3)4/h1-3H,4-6H2,(H,11,12);1H3,(H,2,3,4). The third-order valence-electron chi connectivity index (χ3n) is 2.14. The Bertz CT molecular complexity index is 526. The van der Waals surface area contributed by atoms with Crippen LogP contribution in [-0.2, 0) is 27.8 Å². The van der Waals surface area contributed by atoms with Gasteiger partial charge in [0.15, 0.2) is 0 Å². The van der Waals surface area contributed by atoms with Gasteiger partial charge in [0.2, 0.25) is 0 Å². The first kappa shape index (κ1) is 14.5. The van der Waals surface area contributed by atoms with Crippen molar-refractivity contribution in [3.8, 4) is 5.75 Å². The summed E-state index contributed by atoms with van der Waals surface area (Å²) in [5.74, 6) is -0.0335. The molecule has 0 amide bonds. The van der Waals surface area contributed by atoms with Gasteiger partial charge in [0.25, 0.3) is 10.1 Å². The summed E-state index contributed by atoms with van der Waals surface area (Å²) in [5, 5.41) is 8.64. The predicted octanol–water partition coefficient (Wildman–Crippen LogP) is 0.753. The minimum Gasteiger partial charge on any atom is -0.493 e. The van der Waals surface area contributed by atoms with E-state index in [4.69, 9.17) is 14.4 Å². The summed E-state index contributed by atoms with van der Waals surface area (Å²) in [6.45, 7) is 0.673. The van der Waals surface area contributed by atoms with Crippen molar-refractivity contribution in [1.29, 1.82) is 0 Å². The summed E-state index contributed by atoms with van der Waals surface area (Å²) in [4.78, 5) is 10.5. The molecule has 0 saturated heterocycles. The van der Waals surface area contributed by atoms with Crippen LogP contribution in [0.25, 0.3) is 0 Å². The smallest absolute Gasteiger partial charge is 0.307 e. The third-order valence-corrected chi connectivity index (χ3v) is 2.14. The van der Waals surface area contributed by atoms with Crippen LogP contribution in [0.15, 0.2) is 18.2 Å². The first-order valence-corrected chi connectivity index (χ1v) is 7.00. The summed E-state index contributed by atoms with van der Waals surface area (Å²) >= 11 is 0. The van der Waals surface area contributed by atoms with Crippen molar-refractivity contribution in [3.63, 3.8) is 0 Å². The van der Waals surface area contributed by atoms with Crippen molar-refractivity contribution in [2.24, 2.45) is 0 Å². The van der Waals surface area contributed by atoms with Crippen LogP contribution in [0.5, 0.6) is 5.75 Å². The maximum absolute atomic E-state index is 10.5. The zero-order valence-corrected chi connectivity index (χ0v) is 10.6. The van der Waals surface area contributed by atoms with Crippen LogP contribution in [-0.4, -0.2) is 36.9 Å². The summed E-state index contributed by atoms with van der Waals surface area (Å²) in [6, 6.07) is 5.66. The fourth-order valence-electron chi connectivity index (χ4n) is 1.59. The molecular formula is C11H14O6S. The number of hydrogen-bond donors (Lipinski definition) is 2. The maximum Gasteiger partial charge on any atom is 0.307 e. The number of para-hydroxylation sites is 1. The van der Waals surface area contributed by atoms with Gasteiger partial charge in [-0.15, -0.1) is 0 Å². The highest BCUT2D eigenvalue weighted by Gasteiger charge is 2.16. The topological polar surface area (TPSA) is 101 Å². The lowest BCUT2D eigenvalue weighted by Gasteiger charge is -2.04.